The lowest BCUT2D eigenvalue weighted by Crippen LogP contribution is -2.01. The fraction of sp³-hybridized carbons (Fsp3) is 0.556. The first-order valence-corrected chi connectivity index (χ1v) is 4.24. The molecule has 1 heterocycles. The van der Waals surface area contributed by atoms with Gasteiger partial charge in [0, 0.05) is 18.1 Å². The van der Waals surface area contributed by atoms with Crippen molar-refractivity contribution in [2.45, 2.75) is 0 Å². The standard InChI is InChI=1S/C9H13ClO2/c1-3-7-4-12-5-8(7)9(10)6-11-2/h3,7H,1,4-6H2,2H3/b9-8-. The molecule has 68 valence electrons. The average Bonchev–Trinajstić information content (AvgIpc) is 2.51. The molecule has 0 aromatic heterocycles. The SMILES string of the molecule is C=CC1COC/C1=C(/Cl)COC. The van der Waals surface area contributed by atoms with Crippen molar-refractivity contribution in [1.29, 1.82) is 0 Å². The van der Waals surface area contributed by atoms with Crippen LogP contribution in [-0.2, 0) is 9.47 Å². The summed E-state index contributed by atoms with van der Waals surface area (Å²) in [6.45, 7) is 5.49. The van der Waals surface area contributed by atoms with Gasteiger partial charge in [-0.05, 0) is 5.57 Å². The van der Waals surface area contributed by atoms with Gasteiger partial charge in [0.1, 0.15) is 0 Å². The molecule has 12 heavy (non-hydrogen) atoms. The van der Waals surface area contributed by atoms with Gasteiger partial charge in [-0.15, -0.1) is 6.58 Å². The van der Waals surface area contributed by atoms with Gasteiger partial charge < -0.3 is 9.47 Å². The Bertz CT molecular complexity index is 199. The molecule has 0 bridgehead atoms. The predicted octanol–water partition coefficient (Wildman–Crippen LogP) is 1.96. The van der Waals surface area contributed by atoms with E-state index in [1.165, 1.54) is 0 Å². The molecule has 0 aromatic carbocycles. The third-order valence-electron chi connectivity index (χ3n) is 1.91. The quantitative estimate of drug-likeness (QED) is 0.631. The molecule has 0 aliphatic carbocycles. The Morgan fingerprint density at radius 3 is 3.25 bits per heavy atom. The first-order chi connectivity index (χ1) is 5.79. The number of methoxy groups -OCH3 is 1. The van der Waals surface area contributed by atoms with E-state index in [0.717, 1.165) is 10.6 Å². The van der Waals surface area contributed by atoms with Crippen molar-refractivity contribution in [2.75, 3.05) is 26.9 Å². The van der Waals surface area contributed by atoms with Crippen LogP contribution >= 0.6 is 11.6 Å². The van der Waals surface area contributed by atoms with Gasteiger partial charge >= 0.3 is 0 Å². The fourth-order valence-electron chi connectivity index (χ4n) is 1.21. The summed E-state index contributed by atoms with van der Waals surface area (Å²) in [5, 5.41) is 0.750. The molecule has 0 radical (unpaired) electrons. The molecule has 1 unspecified atom stereocenters. The van der Waals surface area contributed by atoms with Gasteiger partial charge in [-0.2, -0.15) is 0 Å². The maximum atomic E-state index is 5.99. The van der Waals surface area contributed by atoms with Crippen LogP contribution in [-0.4, -0.2) is 26.9 Å². The highest BCUT2D eigenvalue weighted by Crippen LogP contribution is 2.25. The average molecular weight is 189 g/mol. The Balaban J connectivity index is 2.69. The lowest BCUT2D eigenvalue weighted by Gasteiger charge is -2.06. The lowest BCUT2D eigenvalue weighted by atomic mass is 10.0. The van der Waals surface area contributed by atoms with Gasteiger partial charge in [0.05, 0.1) is 19.8 Å². The van der Waals surface area contributed by atoms with Gasteiger partial charge in [0.15, 0.2) is 0 Å². The molecule has 1 saturated heterocycles. The highest BCUT2D eigenvalue weighted by Gasteiger charge is 2.21. The van der Waals surface area contributed by atoms with Crippen LogP contribution in [0.3, 0.4) is 0 Å². The molecular weight excluding hydrogens is 176 g/mol. The smallest absolute Gasteiger partial charge is 0.0819 e. The number of halogens is 1. The Labute approximate surface area is 77.8 Å². The van der Waals surface area contributed by atoms with E-state index in [4.69, 9.17) is 21.1 Å². The number of rotatable bonds is 3. The van der Waals surface area contributed by atoms with Gasteiger partial charge in [-0.3, -0.25) is 0 Å². The van der Waals surface area contributed by atoms with E-state index in [1.54, 1.807) is 7.11 Å². The van der Waals surface area contributed by atoms with E-state index < -0.39 is 0 Å². The van der Waals surface area contributed by atoms with Crippen LogP contribution in [0.5, 0.6) is 0 Å². The summed E-state index contributed by atoms with van der Waals surface area (Å²) < 4.78 is 10.2. The van der Waals surface area contributed by atoms with Gasteiger partial charge in [0.2, 0.25) is 0 Å². The molecule has 3 heteroatoms. The number of ether oxygens (including phenoxy) is 2. The molecule has 0 amide bonds. The van der Waals surface area contributed by atoms with Crippen LogP contribution in [0, 0.1) is 5.92 Å². The topological polar surface area (TPSA) is 18.5 Å². The van der Waals surface area contributed by atoms with E-state index in [9.17, 15) is 0 Å². The van der Waals surface area contributed by atoms with E-state index in [2.05, 4.69) is 6.58 Å². The molecule has 1 fully saturated rings. The summed E-state index contributed by atoms with van der Waals surface area (Å²) in [4.78, 5) is 0. The molecule has 1 rings (SSSR count). The molecule has 2 nitrogen and oxygen atoms in total. The maximum Gasteiger partial charge on any atom is 0.0819 e. The van der Waals surface area contributed by atoms with Crippen molar-refractivity contribution >= 4 is 11.6 Å². The monoisotopic (exact) mass is 188 g/mol. The van der Waals surface area contributed by atoms with E-state index in [1.807, 2.05) is 6.08 Å². The zero-order valence-corrected chi connectivity index (χ0v) is 7.93. The number of hydrogen-bond acceptors (Lipinski definition) is 2. The fourth-order valence-corrected chi connectivity index (χ4v) is 1.52. The van der Waals surface area contributed by atoms with E-state index >= 15 is 0 Å². The second-order valence-electron chi connectivity index (χ2n) is 2.72. The van der Waals surface area contributed by atoms with Crippen molar-refractivity contribution in [3.8, 4) is 0 Å². The van der Waals surface area contributed by atoms with Crippen molar-refractivity contribution < 1.29 is 9.47 Å². The van der Waals surface area contributed by atoms with Crippen molar-refractivity contribution in [1.82, 2.24) is 0 Å². The highest BCUT2D eigenvalue weighted by molar-refractivity contribution is 6.30. The molecule has 1 atom stereocenters. The molecule has 1 aliphatic heterocycles. The van der Waals surface area contributed by atoms with Crippen LogP contribution in [0.1, 0.15) is 0 Å². The van der Waals surface area contributed by atoms with Gasteiger partial charge in [-0.25, -0.2) is 0 Å². The summed E-state index contributed by atoms with van der Waals surface area (Å²) >= 11 is 5.99. The Morgan fingerprint density at radius 1 is 1.92 bits per heavy atom. The lowest BCUT2D eigenvalue weighted by molar-refractivity contribution is 0.195. The zero-order chi connectivity index (χ0) is 8.97. The van der Waals surface area contributed by atoms with Gasteiger partial charge in [-0.1, -0.05) is 17.7 Å². The van der Waals surface area contributed by atoms with Crippen LogP contribution in [0.15, 0.2) is 23.3 Å². The van der Waals surface area contributed by atoms with Crippen LogP contribution in [0.2, 0.25) is 0 Å². The maximum absolute atomic E-state index is 5.99. The van der Waals surface area contributed by atoms with Gasteiger partial charge in [0.25, 0.3) is 0 Å². The Morgan fingerprint density at radius 2 is 2.67 bits per heavy atom. The number of hydrogen-bond donors (Lipinski definition) is 0. The third-order valence-corrected chi connectivity index (χ3v) is 2.26. The molecule has 0 spiro atoms. The van der Waals surface area contributed by atoms with Crippen LogP contribution in [0.4, 0.5) is 0 Å². The first kappa shape index (κ1) is 9.78. The molecule has 0 aromatic rings. The molecule has 0 saturated carbocycles. The summed E-state index contributed by atoms with van der Waals surface area (Å²) in [6, 6.07) is 0. The van der Waals surface area contributed by atoms with Crippen molar-refractivity contribution in [2.24, 2.45) is 5.92 Å². The van der Waals surface area contributed by atoms with Crippen molar-refractivity contribution in [3.63, 3.8) is 0 Å². The van der Waals surface area contributed by atoms with E-state index in [-0.39, 0.29) is 5.92 Å². The minimum atomic E-state index is 0.271. The van der Waals surface area contributed by atoms with E-state index in [0.29, 0.717) is 19.8 Å². The Kier molecular flexibility index (Phi) is 3.79. The second-order valence-corrected chi connectivity index (χ2v) is 3.18. The third kappa shape index (κ3) is 2.09. The normalized spacial score (nSPS) is 27.3. The summed E-state index contributed by atoms with van der Waals surface area (Å²) in [5.41, 5.74) is 1.11. The summed E-state index contributed by atoms with van der Waals surface area (Å²) in [5.74, 6) is 0.271. The minimum absolute atomic E-state index is 0.271. The largest absolute Gasteiger partial charge is 0.379 e. The molecule has 0 N–H and O–H groups in total. The first-order valence-electron chi connectivity index (χ1n) is 3.86. The Hall–Kier alpha value is -0.310. The minimum Gasteiger partial charge on any atom is -0.379 e. The summed E-state index contributed by atoms with van der Waals surface area (Å²) in [6.07, 6.45) is 1.86. The van der Waals surface area contributed by atoms with Crippen LogP contribution in [0.25, 0.3) is 0 Å². The molecule has 1 aliphatic rings. The highest BCUT2D eigenvalue weighted by atomic mass is 35.5. The van der Waals surface area contributed by atoms with Crippen molar-refractivity contribution in [3.05, 3.63) is 23.3 Å². The summed E-state index contributed by atoms with van der Waals surface area (Å²) in [7, 11) is 1.63. The zero-order valence-electron chi connectivity index (χ0n) is 7.18. The molecular formula is C9H13ClO2. The predicted molar refractivity (Wildman–Crippen MR) is 49.3 cm³/mol. The van der Waals surface area contributed by atoms with Crippen LogP contribution < -0.4 is 0 Å². The second kappa shape index (κ2) is 4.65.